The third kappa shape index (κ3) is 3.24. The molecule has 0 saturated heterocycles. The lowest BCUT2D eigenvalue weighted by molar-refractivity contribution is 0.867. The molecule has 3 aromatic rings. The van der Waals surface area contributed by atoms with Crippen LogP contribution in [-0.4, -0.2) is 4.98 Å². The number of hydrogen-bond donors (Lipinski definition) is 0. The fraction of sp³-hybridized carbons (Fsp3) is 0.136. The summed E-state index contributed by atoms with van der Waals surface area (Å²) >= 11 is 0. The Morgan fingerprint density at radius 1 is 0.913 bits per heavy atom. The summed E-state index contributed by atoms with van der Waals surface area (Å²) in [4.78, 5) is 4.48. The zero-order valence-electron chi connectivity index (χ0n) is 13.7. The first kappa shape index (κ1) is 15.2. The molecule has 0 aliphatic rings. The Bertz CT molecular complexity index is 799. The summed E-state index contributed by atoms with van der Waals surface area (Å²) in [7, 11) is 0. The van der Waals surface area contributed by atoms with Gasteiger partial charge in [-0.3, -0.25) is 4.98 Å². The zero-order chi connectivity index (χ0) is 16.2. The largest absolute Gasteiger partial charge is 0.256 e. The lowest BCUT2D eigenvalue weighted by Gasteiger charge is -2.11. The Labute approximate surface area is 138 Å². The van der Waals surface area contributed by atoms with Crippen LogP contribution in [0.5, 0.6) is 0 Å². The molecule has 3 rings (SSSR count). The van der Waals surface area contributed by atoms with Gasteiger partial charge in [-0.15, -0.1) is 0 Å². The molecule has 1 heteroatoms. The van der Waals surface area contributed by atoms with Gasteiger partial charge in [0.05, 0.1) is 5.69 Å². The van der Waals surface area contributed by atoms with E-state index in [4.69, 9.17) is 0 Å². The van der Waals surface area contributed by atoms with Crippen molar-refractivity contribution in [2.24, 2.45) is 0 Å². The van der Waals surface area contributed by atoms with Crippen LogP contribution in [0.3, 0.4) is 0 Å². The van der Waals surface area contributed by atoms with Crippen LogP contribution in [0.2, 0.25) is 0 Å². The summed E-state index contributed by atoms with van der Waals surface area (Å²) in [5.74, 6) is 0.552. The summed E-state index contributed by atoms with van der Waals surface area (Å²) in [6, 6.07) is 21.3. The molecule has 0 spiro atoms. The van der Waals surface area contributed by atoms with Gasteiger partial charge in [-0.1, -0.05) is 69.0 Å². The molecule has 0 fully saturated rings. The van der Waals surface area contributed by atoms with Gasteiger partial charge in [0.15, 0.2) is 0 Å². The van der Waals surface area contributed by atoms with E-state index in [2.05, 4.69) is 67.9 Å². The minimum atomic E-state index is 0.552. The molecule has 0 aliphatic carbocycles. The SMILES string of the molecule is C=Cc1ccc(-c2ccc(C(C)C)cc2)cc1-c1ccccn1. The topological polar surface area (TPSA) is 12.9 Å². The summed E-state index contributed by atoms with van der Waals surface area (Å²) < 4.78 is 0. The Morgan fingerprint density at radius 2 is 1.65 bits per heavy atom. The molecular formula is C22H21N. The smallest absolute Gasteiger partial charge is 0.0708 e. The molecule has 0 atom stereocenters. The molecule has 1 aromatic heterocycles. The number of nitrogens with zero attached hydrogens (tertiary/aromatic N) is 1. The average molecular weight is 299 g/mol. The summed E-state index contributed by atoms with van der Waals surface area (Å²) in [5.41, 5.74) is 6.98. The van der Waals surface area contributed by atoms with Crippen molar-refractivity contribution < 1.29 is 0 Å². The van der Waals surface area contributed by atoms with Crippen molar-refractivity contribution in [3.05, 3.63) is 84.6 Å². The van der Waals surface area contributed by atoms with Crippen molar-refractivity contribution in [1.82, 2.24) is 4.98 Å². The van der Waals surface area contributed by atoms with Crippen molar-refractivity contribution in [2.45, 2.75) is 19.8 Å². The lowest BCUT2D eigenvalue weighted by Crippen LogP contribution is -1.89. The van der Waals surface area contributed by atoms with Crippen LogP contribution >= 0.6 is 0 Å². The van der Waals surface area contributed by atoms with E-state index in [0.717, 1.165) is 16.8 Å². The van der Waals surface area contributed by atoms with Gasteiger partial charge in [-0.2, -0.15) is 0 Å². The first-order chi connectivity index (χ1) is 11.2. The molecule has 1 nitrogen and oxygen atoms in total. The number of hydrogen-bond acceptors (Lipinski definition) is 1. The van der Waals surface area contributed by atoms with Gasteiger partial charge >= 0.3 is 0 Å². The molecule has 1 heterocycles. The van der Waals surface area contributed by atoms with E-state index < -0.39 is 0 Å². The fourth-order valence-electron chi connectivity index (χ4n) is 2.72. The lowest BCUT2D eigenvalue weighted by atomic mass is 9.95. The van der Waals surface area contributed by atoms with Gasteiger partial charge in [0, 0.05) is 11.8 Å². The minimum Gasteiger partial charge on any atom is -0.256 e. The van der Waals surface area contributed by atoms with E-state index in [1.807, 2.05) is 30.5 Å². The Hall–Kier alpha value is -2.67. The molecule has 2 aromatic carbocycles. The predicted molar refractivity (Wildman–Crippen MR) is 99.3 cm³/mol. The van der Waals surface area contributed by atoms with Crippen molar-refractivity contribution >= 4 is 6.08 Å². The molecule has 23 heavy (non-hydrogen) atoms. The number of aromatic nitrogens is 1. The van der Waals surface area contributed by atoms with E-state index in [1.165, 1.54) is 16.7 Å². The molecule has 114 valence electrons. The maximum atomic E-state index is 4.48. The molecule has 0 unspecified atom stereocenters. The first-order valence-corrected chi connectivity index (χ1v) is 7.97. The third-order valence-electron chi connectivity index (χ3n) is 4.12. The number of benzene rings is 2. The second-order valence-corrected chi connectivity index (χ2v) is 6.00. The van der Waals surface area contributed by atoms with Gasteiger partial charge < -0.3 is 0 Å². The van der Waals surface area contributed by atoms with Gasteiger partial charge in [0.1, 0.15) is 0 Å². The summed E-state index contributed by atoms with van der Waals surface area (Å²) in [6.45, 7) is 8.35. The van der Waals surface area contributed by atoms with Gasteiger partial charge in [-0.05, 0) is 46.4 Å². The van der Waals surface area contributed by atoms with E-state index in [-0.39, 0.29) is 0 Å². The number of pyridine rings is 1. The molecule has 0 aliphatic heterocycles. The highest BCUT2D eigenvalue weighted by atomic mass is 14.7. The van der Waals surface area contributed by atoms with Crippen LogP contribution in [0.1, 0.15) is 30.9 Å². The van der Waals surface area contributed by atoms with Crippen molar-refractivity contribution in [1.29, 1.82) is 0 Å². The maximum Gasteiger partial charge on any atom is 0.0708 e. The highest BCUT2D eigenvalue weighted by molar-refractivity contribution is 5.78. The van der Waals surface area contributed by atoms with Gasteiger partial charge in [0.2, 0.25) is 0 Å². The Balaban J connectivity index is 2.06. The molecule has 0 N–H and O–H groups in total. The van der Waals surface area contributed by atoms with E-state index in [1.54, 1.807) is 0 Å². The quantitative estimate of drug-likeness (QED) is 0.560. The van der Waals surface area contributed by atoms with Crippen LogP contribution in [0.15, 0.2) is 73.4 Å². The molecule has 0 radical (unpaired) electrons. The Morgan fingerprint density at radius 3 is 2.26 bits per heavy atom. The zero-order valence-corrected chi connectivity index (χ0v) is 13.7. The van der Waals surface area contributed by atoms with E-state index in [9.17, 15) is 0 Å². The predicted octanol–water partition coefficient (Wildman–Crippen LogP) is 6.18. The van der Waals surface area contributed by atoms with Crippen LogP contribution in [0, 0.1) is 0 Å². The van der Waals surface area contributed by atoms with Crippen molar-refractivity contribution in [3.63, 3.8) is 0 Å². The average Bonchev–Trinajstić information content (AvgIpc) is 2.62. The number of rotatable bonds is 4. The second-order valence-electron chi connectivity index (χ2n) is 6.00. The third-order valence-corrected chi connectivity index (χ3v) is 4.12. The normalized spacial score (nSPS) is 10.7. The van der Waals surface area contributed by atoms with E-state index >= 15 is 0 Å². The van der Waals surface area contributed by atoms with Crippen LogP contribution in [0.25, 0.3) is 28.5 Å². The second kappa shape index (κ2) is 6.62. The first-order valence-electron chi connectivity index (χ1n) is 7.97. The molecule has 0 amide bonds. The maximum absolute atomic E-state index is 4.48. The van der Waals surface area contributed by atoms with Gasteiger partial charge in [0.25, 0.3) is 0 Å². The molecular weight excluding hydrogens is 278 g/mol. The van der Waals surface area contributed by atoms with Crippen molar-refractivity contribution in [3.8, 4) is 22.4 Å². The molecule has 0 saturated carbocycles. The molecule has 0 bridgehead atoms. The highest BCUT2D eigenvalue weighted by Gasteiger charge is 2.07. The van der Waals surface area contributed by atoms with Crippen LogP contribution < -0.4 is 0 Å². The highest BCUT2D eigenvalue weighted by Crippen LogP contribution is 2.30. The minimum absolute atomic E-state index is 0.552. The summed E-state index contributed by atoms with van der Waals surface area (Å²) in [6.07, 6.45) is 3.71. The monoisotopic (exact) mass is 299 g/mol. The standard InChI is InChI=1S/C22H21N/c1-4-17-8-13-20(15-21(17)22-7-5-6-14-23-22)19-11-9-18(10-12-19)16(2)3/h4-16H,1H2,2-3H3. The van der Waals surface area contributed by atoms with Crippen LogP contribution in [0.4, 0.5) is 0 Å². The Kier molecular flexibility index (Phi) is 4.38. The van der Waals surface area contributed by atoms with Gasteiger partial charge in [-0.25, -0.2) is 0 Å². The summed E-state index contributed by atoms with van der Waals surface area (Å²) in [5, 5.41) is 0. The van der Waals surface area contributed by atoms with Crippen molar-refractivity contribution in [2.75, 3.05) is 0 Å². The van der Waals surface area contributed by atoms with Crippen LogP contribution in [-0.2, 0) is 0 Å². The van der Waals surface area contributed by atoms with E-state index in [0.29, 0.717) is 5.92 Å². The fourth-order valence-corrected chi connectivity index (χ4v) is 2.72.